The Labute approximate surface area is 78.3 Å². The van der Waals surface area contributed by atoms with Gasteiger partial charge < -0.3 is 10.8 Å². The Balaban J connectivity index is 0. The minimum absolute atomic E-state index is 0.228. The molecule has 6 nitrogen and oxygen atoms in total. The number of aliphatic hydroxyl groups is 1. The maximum Gasteiger partial charge on any atom is 0.394 e. The average molecular weight is 215 g/mol. The van der Waals surface area contributed by atoms with Gasteiger partial charge in [0.05, 0.1) is 6.10 Å². The van der Waals surface area contributed by atoms with E-state index in [2.05, 4.69) is 0 Å². The molecule has 1 atom stereocenters. The van der Waals surface area contributed by atoms with Crippen LogP contribution < -0.4 is 5.73 Å². The SMILES string of the molecule is CC(O)CC(C)(C)N.O=S(=O)(O)O. The van der Waals surface area contributed by atoms with Gasteiger partial charge in [-0.2, -0.15) is 8.42 Å². The van der Waals surface area contributed by atoms with Gasteiger partial charge >= 0.3 is 10.4 Å². The quantitative estimate of drug-likeness (QED) is 0.475. The Morgan fingerprint density at radius 1 is 1.38 bits per heavy atom. The molecule has 5 N–H and O–H groups in total. The normalized spacial score (nSPS) is 14.4. The predicted octanol–water partition coefficient (Wildman–Crippen LogP) is -0.158. The number of aliphatic hydroxyl groups excluding tert-OH is 1. The van der Waals surface area contributed by atoms with Crippen LogP contribution in [0.2, 0.25) is 0 Å². The van der Waals surface area contributed by atoms with Gasteiger partial charge in [0.15, 0.2) is 0 Å². The molecule has 0 heterocycles. The van der Waals surface area contributed by atoms with Crippen LogP contribution in [0.15, 0.2) is 0 Å². The van der Waals surface area contributed by atoms with Crippen molar-refractivity contribution >= 4 is 10.4 Å². The van der Waals surface area contributed by atoms with E-state index in [4.69, 9.17) is 28.4 Å². The fourth-order valence-corrected chi connectivity index (χ4v) is 0.761. The zero-order valence-electron chi connectivity index (χ0n) is 7.93. The molecule has 0 aliphatic heterocycles. The van der Waals surface area contributed by atoms with Crippen molar-refractivity contribution in [3.8, 4) is 0 Å². The van der Waals surface area contributed by atoms with Gasteiger partial charge in [-0.25, -0.2) is 0 Å². The zero-order valence-corrected chi connectivity index (χ0v) is 8.74. The van der Waals surface area contributed by atoms with Crippen molar-refractivity contribution in [1.82, 2.24) is 0 Å². The summed E-state index contributed by atoms with van der Waals surface area (Å²) in [5, 5.41) is 8.81. The second-order valence-corrected chi connectivity index (χ2v) is 4.39. The first-order valence-corrected chi connectivity index (χ1v) is 4.98. The lowest BCUT2D eigenvalue weighted by atomic mass is 9.99. The Hall–Kier alpha value is -0.210. The molecule has 0 bridgehead atoms. The second kappa shape index (κ2) is 5.51. The number of rotatable bonds is 2. The third-order valence-corrected chi connectivity index (χ3v) is 0.822. The van der Waals surface area contributed by atoms with E-state index >= 15 is 0 Å². The lowest BCUT2D eigenvalue weighted by molar-refractivity contribution is 0.158. The second-order valence-electron chi connectivity index (χ2n) is 3.49. The molecule has 0 aromatic heterocycles. The van der Waals surface area contributed by atoms with E-state index in [0.29, 0.717) is 6.42 Å². The highest BCUT2D eigenvalue weighted by Gasteiger charge is 2.12. The Bertz CT molecular complexity index is 208. The third kappa shape index (κ3) is 49.3. The lowest BCUT2D eigenvalue weighted by Crippen LogP contribution is -2.35. The molecule has 0 fully saturated rings. The van der Waals surface area contributed by atoms with Gasteiger partial charge in [-0.05, 0) is 27.2 Å². The summed E-state index contributed by atoms with van der Waals surface area (Å²) < 4.78 is 31.6. The molecule has 0 radical (unpaired) electrons. The molecule has 7 heteroatoms. The largest absolute Gasteiger partial charge is 0.394 e. The molecule has 0 aromatic rings. The average Bonchev–Trinajstić information content (AvgIpc) is 1.47. The highest BCUT2D eigenvalue weighted by atomic mass is 32.3. The van der Waals surface area contributed by atoms with Crippen molar-refractivity contribution in [2.45, 2.75) is 38.8 Å². The maximum absolute atomic E-state index is 8.81. The van der Waals surface area contributed by atoms with Crippen LogP contribution in [0, 0.1) is 0 Å². The minimum Gasteiger partial charge on any atom is -0.393 e. The van der Waals surface area contributed by atoms with Crippen LogP contribution in [0.5, 0.6) is 0 Å². The van der Waals surface area contributed by atoms with Gasteiger partial charge in [0.2, 0.25) is 0 Å². The van der Waals surface area contributed by atoms with Crippen LogP contribution in [0.1, 0.15) is 27.2 Å². The molecule has 0 saturated carbocycles. The molecule has 13 heavy (non-hydrogen) atoms. The monoisotopic (exact) mass is 215 g/mol. The van der Waals surface area contributed by atoms with Crippen molar-refractivity contribution in [3.05, 3.63) is 0 Å². The van der Waals surface area contributed by atoms with E-state index in [1.165, 1.54) is 0 Å². The van der Waals surface area contributed by atoms with E-state index in [0.717, 1.165) is 0 Å². The molecule has 0 rings (SSSR count). The fourth-order valence-electron chi connectivity index (χ4n) is 0.761. The summed E-state index contributed by atoms with van der Waals surface area (Å²) in [6, 6.07) is 0. The highest BCUT2D eigenvalue weighted by molar-refractivity contribution is 7.79. The Morgan fingerprint density at radius 2 is 1.62 bits per heavy atom. The van der Waals surface area contributed by atoms with E-state index in [1.54, 1.807) is 6.92 Å². The number of hydrogen-bond acceptors (Lipinski definition) is 4. The lowest BCUT2D eigenvalue weighted by Gasteiger charge is -2.19. The minimum atomic E-state index is -4.67. The van der Waals surface area contributed by atoms with E-state index in [9.17, 15) is 0 Å². The van der Waals surface area contributed by atoms with Gasteiger partial charge in [-0.15, -0.1) is 0 Å². The van der Waals surface area contributed by atoms with E-state index < -0.39 is 10.4 Å². The van der Waals surface area contributed by atoms with Crippen molar-refractivity contribution in [2.75, 3.05) is 0 Å². The first-order chi connectivity index (χ1) is 5.42. The molecule has 0 aromatic carbocycles. The predicted molar refractivity (Wildman–Crippen MR) is 48.7 cm³/mol. The van der Waals surface area contributed by atoms with Crippen molar-refractivity contribution < 1.29 is 22.6 Å². The van der Waals surface area contributed by atoms with Gasteiger partial charge in [0.1, 0.15) is 0 Å². The van der Waals surface area contributed by atoms with Crippen LogP contribution in [-0.4, -0.2) is 34.3 Å². The van der Waals surface area contributed by atoms with Crippen LogP contribution in [-0.2, 0) is 10.4 Å². The molecular weight excluding hydrogens is 198 g/mol. The number of nitrogens with two attached hydrogens (primary N) is 1. The fraction of sp³-hybridized carbons (Fsp3) is 1.00. The highest BCUT2D eigenvalue weighted by Crippen LogP contribution is 2.05. The molecule has 0 amide bonds. The summed E-state index contributed by atoms with van der Waals surface area (Å²) in [4.78, 5) is 0. The summed E-state index contributed by atoms with van der Waals surface area (Å²) in [7, 11) is -4.67. The molecule has 0 saturated heterocycles. The molecule has 1 unspecified atom stereocenters. The van der Waals surface area contributed by atoms with Crippen molar-refractivity contribution in [2.24, 2.45) is 5.73 Å². The van der Waals surface area contributed by atoms with Crippen molar-refractivity contribution in [1.29, 1.82) is 0 Å². The molecule has 0 spiro atoms. The topological polar surface area (TPSA) is 121 Å². The van der Waals surface area contributed by atoms with Crippen LogP contribution >= 0.6 is 0 Å². The summed E-state index contributed by atoms with van der Waals surface area (Å²) in [6.45, 7) is 5.55. The summed E-state index contributed by atoms with van der Waals surface area (Å²) in [5.74, 6) is 0. The van der Waals surface area contributed by atoms with Gasteiger partial charge in [-0.3, -0.25) is 9.11 Å². The smallest absolute Gasteiger partial charge is 0.393 e. The van der Waals surface area contributed by atoms with Crippen LogP contribution in [0.3, 0.4) is 0 Å². The Morgan fingerprint density at radius 3 is 1.62 bits per heavy atom. The van der Waals surface area contributed by atoms with Gasteiger partial charge in [-0.1, -0.05) is 0 Å². The first-order valence-electron chi connectivity index (χ1n) is 3.58. The molecular formula is C6H17NO5S. The van der Waals surface area contributed by atoms with Crippen LogP contribution in [0.25, 0.3) is 0 Å². The van der Waals surface area contributed by atoms with Crippen LogP contribution in [0.4, 0.5) is 0 Å². The summed E-state index contributed by atoms with van der Waals surface area (Å²) in [5.41, 5.74) is 5.35. The van der Waals surface area contributed by atoms with Gasteiger partial charge in [0.25, 0.3) is 0 Å². The summed E-state index contributed by atoms with van der Waals surface area (Å²) >= 11 is 0. The first kappa shape index (κ1) is 15.3. The molecule has 0 aliphatic rings. The van der Waals surface area contributed by atoms with E-state index in [-0.39, 0.29) is 11.6 Å². The third-order valence-electron chi connectivity index (χ3n) is 0.822. The van der Waals surface area contributed by atoms with E-state index in [1.807, 2.05) is 13.8 Å². The summed E-state index contributed by atoms with van der Waals surface area (Å²) in [6.07, 6.45) is 0.377. The zero-order chi connectivity index (χ0) is 11.3. The number of hydrogen-bond donors (Lipinski definition) is 4. The standard InChI is InChI=1S/C6H15NO.H2O4S/c1-5(8)4-6(2,3)7;1-5(2,3)4/h5,8H,4,7H2,1-3H3;(H2,1,2,3,4). The Kier molecular flexibility index (Phi) is 6.47. The van der Waals surface area contributed by atoms with Crippen molar-refractivity contribution in [3.63, 3.8) is 0 Å². The molecule has 82 valence electrons. The van der Waals surface area contributed by atoms with Gasteiger partial charge in [0, 0.05) is 5.54 Å². The maximum atomic E-state index is 8.81. The molecule has 0 aliphatic carbocycles.